The third-order valence-electron chi connectivity index (χ3n) is 3.47. The lowest BCUT2D eigenvalue weighted by molar-refractivity contribution is 0.167. The number of hydrogen-bond acceptors (Lipinski definition) is 3. The average molecular weight is 235 g/mol. The molecular formula is C14H21NO2. The van der Waals surface area contributed by atoms with Crippen molar-refractivity contribution in [1.29, 1.82) is 0 Å². The van der Waals surface area contributed by atoms with Gasteiger partial charge in [-0.3, -0.25) is 0 Å². The van der Waals surface area contributed by atoms with Crippen molar-refractivity contribution >= 4 is 0 Å². The fourth-order valence-corrected chi connectivity index (χ4v) is 2.45. The molecule has 2 rings (SSSR count). The van der Waals surface area contributed by atoms with E-state index in [-0.39, 0.29) is 6.10 Å². The molecule has 1 aromatic carbocycles. The molecule has 0 aromatic heterocycles. The molecule has 0 bridgehead atoms. The summed E-state index contributed by atoms with van der Waals surface area (Å²) in [4.78, 5) is 0. The van der Waals surface area contributed by atoms with E-state index >= 15 is 0 Å². The standard InChI is InChI=1S/C14H21NO2/c16-13-7-6-11(8-13)9-15-10-14(17)12-4-2-1-3-5-12/h1-5,11,13-17H,6-10H2. The summed E-state index contributed by atoms with van der Waals surface area (Å²) in [6, 6.07) is 9.69. The summed E-state index contributed by atoms with van der Waals surface area (Å²) in [5.74, 6) is 0.563. The van der Waals surface area contributed by atoms with E-state index in [1.807, 2.05) is 30.3 Å². The van der Waals surface area contributed by atoms with Crippen LogP contribution >= 0.6 is 0 Å². The molecule has 1 aliphatic rings. The molecule has 3 nitrogen and oxygen atoms in total. The van der Waals surface area contributed by atoms with Gasteiger partial charge in [0, 0.05) is 6.54 Å². The Balaban J connectivity index is 1.68. The second kappa shape index (κ2) is 6.15. The van der Waals surface area contributed by atoms with E-state index < -0.39 is 6.10 Å². The highest BCUT2D eigenvalue weighted by Crippen LogP contribution is 2.24. The van der Waals surface area contributed by atoms with Crippen LogP contribution in [0.1, 0.15) is 30.9 Å². The lowest BCUT2D eigenvalue weighted by Crippen LogP contribution is -2.26. The minimum absolute atomic E-state index is 0.110. The van der Waals surface area contributed by atoms with E-state index in [9.17, 15) is 10.2 Å². The van der Waals surface area contributed by atoms with Gasteiger partial charge in [0.15, 0.2) is 0 Å². The summed E-state index contributed by atoms with van der Waals surface area (Å²) in [6.07, 6.45) is 2.36. The summed E-state index contributed by atoms with van der Waals surface area (Å²) < 4.78 is 0. The molecule has 0 heterocycles. The van der Waals surface area contributed by atoms with Gasteiger partial charge >= 0.3 is 0 Å². The molecule has 3 N–H and O–H groups in total. The van der Waals surface area contributed by atoms with Crippen molar-refractivity contribution in [3.8, 4) is 0 Å². The van der Waals surface area contributed by atoms with Crippen LogP contribution in [-0.4, -0.2) is 29.4 Å². The van der Waals surface area contributed by atoms with Crippen molar-refractivity contribution in [2.45, 2.75) is 31.5 Å². The Bertz CT molecular complexity index is 328. The second-order valence-corrected chi connectivity index (χ2v) is 4.92. The number of hydrogen-bond donors (Lipinski definition) is 3. The molecule has 0 radical (unpaired) electrons. The van der Waals surface area contributed by atoms with Crippen LogP contribution in [0, 0.1) is 5.92 Å². The van der Waals surface area contributed by atoms with Crippen LogP contribution in [0.15, 0.2) is 30.3 Å². The maximum absolute atomic E-state index is 9.93. The molecule has 3 unspecified atom stereocenters. The SMILES string of the molecule is OC1CCC(CNCC(O)c2ccccc2)C1. The van der Waals surface area contributed by atoms with E-state index in [4.69, 9.17) is 0 Å². The van der Waals surface area contributed by atoms with Gasteiger partial charge < -0.3 is 15.5 Å². The molecule has 0 saturated heterocycles. The van der Waals surface area contributed by atoms with Gasteiger partial charge in [0.1, 0.15) is 0 Å². The number of benzene rings is 1. The maximum atomic E-state index is 9.93. The first kappa shape index (κ1) is 12.6. The first-order valence-corrected chi connectivity index (χ1v) is 6.37. The van der Waals surface area contributed by atoms with Crippen molar-refractivity contribution in [1.82, 2.24) is 5.32 Å². The number of aliphatic hydroxyl groups excluding tert-OH is 2. The third-order valence-corrected chi connectivity index (χ3v) is 3.47. The van der Waals surface area contributed by atoms with Crippen LogP contribution in [0.3, 0.4) is 0 Å². The molecule has 1 aromatic rings. The summed E-state index contributed by atoms with van der Waals surface area (Å²) in [5, 5.41) is 22.6. The monoisotopic (exact) mass is 235 g/mol. The fourth-order valence-electron chi connectivity index (χ4n) is 2.45. The van der Waals surface area contributed by atoms with Crippen LogP contribution < -0.4 is 5.32 Å². The summed E-state index contributed by atoms with van der Waals surface area (Å²) in [7, 11) is 0. The largest absolute Gasteiger partial charge is 0.393 e. The smallest absolute Gasteiger partial charge is 0.0914 e. The first-order chi connectivity index (χ1) is 8.25. The maximum Gasteiger partial charge on any atom is 0.0914 e. The highest BCUT2D eigenvalue weighted by molar-refractivity contribution is 5.17. The van der Waals surface area contributed by atoms with Crippen LogP contribution in [0.25, 0.3) is 0 Å². The zero-order chi connectivity index (χ0) is 12.1. The van der Waals surface area contributed by atoms with Gasteiger partial charge in [-0.2, -0.15) is 0 Å². The fraction of sp³-hybridized carbons (Fsp3) is 0.571. The normalized spacial score (nSPS) is 26.0. The molecule has 3 heteroatoms. The molecule has 94 valence electrons. The topological polar surface area (TPSA) is 52.5 Å². The number of aliphatic hydroxyl groups is 2. The van der Waals surface area contributed by atoms with Crippen molar-refractivity contribution in [3.63, 3.8) is 0 Å². The van der Waals surface area contributed by atoms with Crippen molar-refractivity contribution < 1.29 is 10.2 Å². The van der Waals surface area contributed by atoms with Gasteiger partial charge in [0.25, 0.3) is 0 Å². The second-order valence-electron chi connectivity index (χ2n) is 4.92. The number of rotatable bonds is 5. The highest BCUT2D eigenvalue weighted by Gasteiger charge is 2.22. The van der Waals surface area contributed by atoms with Gasteiger partial charge in [0.2, 0.25) is 0 Å². The first-order valence-electron chi connectivity index (χ1n) is 6.37. The predicted octanol–water partition coefficient (Wildman–Crippen LogP) is 1.47. The van der Waals surface area contributed by atoms with E-state index in [1.165, 1.54) is 0 Å². The van der Waals surface area contributed by atoms with E-state index in [1.54, 1.807) is 0 Å². The van der Waals surface area contributed by atoms with E-state index in [0.717, 1.165) is 31.4 Å². The van der Waals surface area contributed by atoms with Crippen LogP contribution in [0.4, 0.5) is 0 Å². The third kappa shape index (κ3) is 3.80. The van der Waals surface area contributed by atoms with Gasteiger partial charge in [-0.1, -0.05) is 30.3 Å². The summed E-state index contributed by atoms with van der Waals surface area (Å²) in [6.45, 7) is 1.47. The Hall–Kier alpha value is -0.900. The number of nitrogens with one attached hydrogen (secondary N) is 1. The summed E-state index contributed by atoms with van der Waals surface area (Å²) in [5.41, 5.74) is 0.950. The van der Waals surface area contributed by atoms with E-state index in [2.05, 4.69) is 5.32 Å². The minimum atomic E-state index is -0.442. The average Bonchev–Trinajstić information content (AvgIpc) is 2.76. The Labute approximate surface area is 102 Å². The molecule has 0 spiro atoms. The van der Waals surface area contributed by atoms with Crippen LogP contribution in [-0.2, 0) is 0 Å². The summed E-state index contributed by atoms with van der Waals surface area (Å²) >= 11 is 0. The Morgan fingerprint density at radius 3 is 2.65 bits per heavy atom. The zero-order valence-corrected chi connectivity index (χ0v) is 10.0. The van der Waals surface area contributed by atoms with Crippen molar-refractivity contribution in [3.05, 3.63) is 35.9 Å². The van der Waals surface area contributed by atoms with Gasteiger partial charge in [-0.15, -0.1) is 0 Å². The Morgan fingerprint density at radius 1 is 1.24 bits per heavy atom. The molecule has 1 saturated carbocycles. The molecular weight excluding hydrogens is 214 g/mol. The van der Waals surface area contributed by atoms with E-state index in [0.29, 0.717) is 12.5 Å². The van der Waals surface area contributed by atoms with Crippen LogP contribution in [0.5, 0.6) is 0 Å². The predicted molar refractivity (Wildman–Crippen MR) is 67.6 cm³/mol. The zero-order valence-electron chi connectivity index (χ0n) is 10.0. The molecule has 0 amide bonds. The van der Waals surface area contributed by atoms with Crippen molar-refractivity contribution in [2.75, 3.05) is 13.1 Å². The molecule has 1 aliphatic carbocycles. The Kier molecular flexibility index (Phi) is 4.54. The lowest BCUT2D eigenvalue weighted by atomic mass is 10.1. The lowest BCUT2D eigenvalue weighted by Gasteiger charge is -2.14. The van der Waals surface area contributed by atoms with Gasteiger partial charge in [0.05, 0.1) is 12.2 Å². The molecule has 1 fully saturated rings. The van der Waals surface area contributed by atoms with Crippen LogP contribution in [0.2, 0.25) is 0 Å². The van der Waals surface area contributed by atoms with Gasteiger partial charge in [-0.05, 0) is 37.3 Å². The molecule has 3 atom stereocenters. The molecule has 0 aliphatic heterocycles. The molecule has 17 heavy (non-hydrogen) atoms. The highest BCUT2D eigenvalue weighted by atomic mass is 16.3. The van der Waals surface area contributed by atoms with Gasteiger partial charge in [-0.25, -0.2) is 0 Å². The minimum Gasteiger partial charge on any atom is -0.393 e. The quantitative estimate of drug-likeness (QED) is 0.724. The Morgan fingerprint density at radius 2 is 2.00 bits per heavy atom. The van der Waals surface area contributed by atoms with Crippen molar-refractivity contribution in [2.24, 2.45) is 5.92 Å².